The van der Waals surface area contributed by atoms with Crippen LogP contribution in [0.4, 0.5) is 11.4 Å². The lowest BCUT2D eigenvalue weighted by atomic mass is 10.1. The number of piperazine rings is 1. The van der Waals surface area contributed by atoms with E-state index in [0.29, 0.717) is 18.8 Å². The van der Waals surface area contributed by atoms with Crippen molar-refractivity contribution in [1.82, 2.24) is 4.90 Å². The number of aliphatic imine (C=N–C) groups is 1. The van der Waals surface area contributed by atoms with E-state index in [1.54, 1.807) is 25.3 Å². The second kappa shape index (κ2) is 11.0. The van der Waals surface area contributed by atoms with Crippen LogP contribution >= 0.6 is 11.6 Å². The molecule has 7 nitrogen and oxygen atoms in total. The zero-order chi connectivity index (χ0) is 22.2. The number of carboxylic acids is 1. The van der Waals surface area contributed by atoms with E-state index in [9.17, 15) is 9.90 Å². The van der Waals surface area contributed by atoms with E-state index in [0.717, 1.165) is 49.3 Å². The summed E-state index contributed by atoms with van der Waals surface area (Å²) in [7, 11) is 1.68. The molecule has 0 saturated carbocycles. The van der Waals surface area contributed by atoms with E-state index >= 15 is 0 Å². The van der Waals surface area contributed by atoms with Gasteiger partial charge in [-0.3, -0.25) is 4.99 Å². The number of guanidine groups is 1. The summed E-state index contributed by atoms with van der Waals surface area (Å²) in [5.41, 5.74) is 3.31. The molecule has 1 heterocycles. The Morgan fingerprint density at radius 2 is 1.97 bits per heavy atom. The van der Waals surface area contributed by atoms with E-state index in [1.165, 1.54) is 5.56 Å². The number of hydrogen-bond acceptors (Lipinski definition) is 4. The van der Waals surface area contributed by atoms with E-state index in [1.807, 2.05) is 24.3 Å². The van der Waals surface area contributed by atoms with Gasteiger partial charge in [-0.15, -0.1) is 0 Å². The average Bonchev–Trinajstić information content (AvgIpc) is 2.78. The highest BCUT2D eigenvalue weighted by Crippen LogP contribution is 2.25. The normalized spacial score (nSPS) is 14.6. The fraction of sp³-hybridized carbons (Fsp3) is 0.391. The predicted molar refractivity (Wildman–Crippen MR) is 126 cm³/mol. The number of aromatic carboxylic acids is 1. The fourth-order valence-corrected chi connectivity index (χ4v) is 3.72. The molecule has 166 valence electrons. The maximum Gasteiger partial charge on any atom is 0.335 e. The SMILES string of the molecule is COCCCN=C(Nc1cccc(C(=O)O)c1)N1CCN(c2cc(Cl)ccc2C)CC1. The summed E-state index contributed by atoms with van der Waals surface area (Å²) >= 11 is 6.21. The first-order valence-corrected chi connectivity index (χ1v) is 10.8. The molecule has 0 bridgehead atoms. The largest absolute Gasteiger partial charge is 0.478 e. The Bertz CT molecular complexity index is 927. The lowest BCUT2D eigenvalue weighted by Crippen LogP contribution is -2.51. The number of methoxy groups -OCH3 is 1. The smallest absolute Gasteiger partial charge is 0.335 e. The number of nitrogens with zero attached hydrogens (tertiary/aromatic N) is 3. The van der Waals surface area contributed by atoms with E-state index in [2.05, 4.69) is 22.0 Å². The Balaban J connectivity index is 1.72. The van der Waals surface area contributed by atoms with Gasteiger partial charge in [0.05, 0.1) is 5.56 Å². The summed E-state index contributed by atoms with van der Waals surface area (Å²) in [6.07, 6.45) is 0.818. The lowest BCUT2D eigenvalue weighted by Gasteiger charge is -2.38. The van der Waals surface area contributed by atoms with E-state index in [-0.39, 0.29) is 5.56 Å². The second-order valence-electron chi connectivity index (χ2n) is 7.47. The zero-order valence-electron chi connectivity index (χ0n) is 18.0. The molecule has 0 atom stereocenters. The first-order valence-electron chi connectivity index (χ1n) is 10.4. The Morgan fingerprint density at radius 1 is 1.19 bits per heavy atom. The molecule has 8 heteroatoms. The number of aryl methyl sites for hydroxylation is 1. The van der Waals surface area contributed by atoms with Crippen LogP contribution in [0.1, 0.15) is 22.3 Å². The molecule has 1 fully saturated rings. The van der Waals surface area contributed by atoms with Crippen LogP contribution in [-0.2, 0) is 4.74 Å². The van der Waals surface area contributed by atoms with E-state index in [4.69, 9.17) is 21.3 Å². The van der Waals surface area contributed by atoms with Crippen LogP contribution in [0.2, 0.25) is 5.02 Å². The molecular formula is C23H29ClN4O3. The van der Waals surface area contributed by atoms with Gasteiger partial charge in [-0.2, -0.15) is 0 Å². The lowest BCUT2D eigenvalue weighted by molar-refractivity contribution is 0.0697. The molecule has 0 unspecified atom stereocenters. The molecule has 1 aliphatic rings. The molecule has 3 rings (SSSR count). The minimum Gasteiger partial charge on any atom is -0.478 e. The topological polar surface area (TPSA) is 77.4 Å². The number of anilines is 2. The molecule has 0 aliphatic carbocycles. The number of hydrogen-bond donors (Lipinski definition) is 2. The van der Waals surface area contributed by atoms with Gasteiger partial charge in [0.25, 0.3) is 0 Å². The van der Waals surface area contributed by atoms with Gasteiger partial charge < -0.3 is 25.0 Å². The third-order valence-electron chi connectivity index (χ3n) is 5.22. The maximum absolute atomic E-state index is 11.3. The van der Waals surface area contributed by atoms with Gasteiger partial charge in [-0.1, -0.05) is 23.7 Å². The van der Waals surface area contributed by atoms with Gasteiger partial charge in [-0.05, 0) is 49.2 Å². The molecule has 2 aromatic carbocycles. The van der Waals surface area contributed by atoms with Crippen LogP contribution in [0.3, 0.4) is 0 Å². The van der Waals surface area contributed by atoms with Gasteiger partial charge >= 0.3 is 5.97 Å². The maximum atomic E-state index is 11.3. The molecule has 2 N–H and O–H groups in total. The molecule has 31 heavy (non-hydrogen) atoms. The molecule has 0 spiro atoms. The van der Waals surface area contributed by atoms with Crippen LogP contribution in [0, 0.1) is 6.92 Å². The van der Waals surface area contributed by atoms with Crippen molar-refractivity contribution in [3.63, 3.8) is 0 Å². The molecular weight excluding hydrogens is 416 g/mol. The number of halogens is 1. The van der Waals surface area contributed by atoms with Gasteiger partial charge in [0.2, 0.25) is 0 Å². The minimum atomic E-state index is -0.951. The van der Waals surface area contributed by atoms with Crippen molar-refractivity contribution in [2.75, 3.05) is 56.7 Å². The standard InChI is InChI=1S/C23H29ClN4O3/c1-17-7-8-19(24)16-21(17)27-10-12-28(13-11-27)23(25-9-4-14-31-2)26-20-6-3-5-18(15-20)22(29)30/h3,5-8,15-16H,4,9-14H2,1-2H3,(H,25,26)(H,29,30). The summed E-state index contributed by atoms with van der Waals surface area (Å²) in [4.78, 5) is 20.6. The van der Waals surface area contributed by atoms with Crippen molar-refractivity contribution in [2.45, 2.75) is 13.3 Å². The number of nitrogens with one attached hydrogen (secondary N) is 1. The van der Waals surface area contributed by atoms with Crippen LogP contribution in [-0.4, -0.2) is 68.4 Å². The summed E-state index contributed by atoms with van der Waals surface area (Å²) in [6, 6.07) is 12.8. The minimum absolute atomic E-state index is 0.241. The molecule has 0 aromatic heterocycles. The molecule has 0 amide bonds. The van der Waals surface area contributed by atoms with Crippen molar-refractivity contribution in [1.29, 1.82) is 0 Å². The number of benzene rings is 2. The Hall–Kier alpha value is -2.77. The van der Waals surface area contributed by atoms with Crippen molar-refractivity contribution in [3.05, 3.63) is 58.6 Å². The Kier molecular flexibility index (Phi) is 8.14. The number of rotatable bonds is 7. The van der Waals surface area contributed by atoms with Gasteiger partial charge in [0, 0.05) is 62.8 Å². The quantitative estimate of drug-likeness (QED) is 0.382. The average molecular weight is 445 g/mol. The first-order chi connectivity index (χ1) is 15.0. The summed E-state index contributed by atoms with van der Waals surface area (Å²) in [5.74, 6) is -0.200. The molecule has 1 aliphatic heterocycles. The van der Waals surface area contributed by atoms with Crippen molar-refractivity contribution >= 4 is 34.9 Å². The summed E-state index contributed by atoms with van der Waals surface area (Å²) in [6.45, 7) is 6.64. The zero-order valence-corrected chi connectivity index (χ0v) is 18.7. The number of ether oxygens (including phenoxy) is 1. The molecule has 0 radical (unpaired) electrons. The van der Waals surface area contributed by atoms with Crippen molar-refractivity contribution in [3.8, 4) is 0 Å². The highest BCUT2D eigenvalue weighted by atomic mass is 35.5. The fourth-order valence-electron chi connectivity index (χ4n) is 3.55. The van der Waals surface area contributed by atoms with Crippen LogP contribution in [0.25, 0.3) is 0 Å². The summed E-state index contributed by atoms with van der Waals surface area (Å²) < 4.78 is 5.13. The highest BCUT2D eigenvalue weighted by molar-refractivity contribution is 6.30. The van der Waals surface area contributed by atoms with Gasteiger partial charge in [-0.25, -0.2) is 4.79 Å². The Labute approximate surface area is 188 Å². The van der Waals surface area contributed by atoms with E-state index < -0.39 is 5.97 Å². The number of carboxylic acid groups (broad SMARTS) is 1. The first kappa shape index (κ1) is 22.9. The highest BCUT2D eigenvalue weighted by Gasteiger charge is 2.21. The molecule has 1 saturated heterocycles. The third-order valence-corrected chi connectivity index (χ3v) is 5.46. The third kappa shape index (κ3) is 6.35. The van der Waals surface area contributed by atoms with Gasteiger partial charge in [0.1, 0.15) is 0 Å². The van der Waals surface area contributed by atoms with Crippen LogP contribution in [0.15, 0.2) is 47.5 Å². The molecule has 2 aromatic rings. The Morgan fingerprint density at radius 3 is 2.68 bits per heavy atom. The van der Waals surface area contributed by atoms with Gasteiger partial charge in [0.15, 0.2) is 5.96 Å². The second-order valence-corrected chi connectivity index (χ2v) is 7.90. The van der Waals surface area contributed by atoms with Crippen molar-refractivity contribution < 1.29 is 14.6 Å². The van der Waals surface area contributed by atoms with Crippen LogP contribution in [0.5, 0.6) is 0 Å². The summed E-state index contributed by atoms with van der Waals surface area (Å²) in [5, 5.41) is 13.3. The van der Waals surface area contributed by atoms with Crippen LogP contribution < -0.4 is 10.2 Å². The predicted octanol–water partition coefficient (Wildman–Crippen LogP) is 3.97. The monoisotopic (exact) mass is 444 g/mol. The number of carbonyl (C=O) groups is 1. The van der Waals surface area contributed by atoms with Crippen molar-refractivity contribution in [2.24, 2.45) is 4.99 Å².